The minimum Gasteiger partial charge on any atom is -0.496 e. The van der Waals surface area contributed by atoms with Crippen LogP contribution in [-0.2, 0) is 0 Å². The molecule has 0 saturated carbocycles. The molecular weight excluding hydrogens is 246 g/mol. The Kier molecular flexibility index (Phi) is 3.52. The Balaban J connectivity index is 3.14. The fourth-order valence-corrected chi connectivity index (χ4v) is 1.42. The third-order valence-electron chi connectivity index (χ3n) is 1.80. The average Bonchev–Trinajstić information content (AvgIpc) is 2.16. The van der Waals surface area contributed by atoms with Crippen LogP contribution in [0.1, 0.15) is 10.4 Å². The average molecular weight is 258 g/mol. The molecule has 0 bridgehead atoms. The molecule has 1 amide bonds. The van der Waals surface area contributed by atoms with Gasteiger partial charge in [0.15, 0.2) is 0 Å². The molecule has 0 spiro atoms. The maximum Gasteiger partial charge on any atom is 0.257 e. The molecule has 0 aliphatic rings. The van der Waals surface area contributed by atoms with Gasteiger partial charge in [0, 0.05) is 18.6 Å². The first-order chi connectivity index (χ1) is 6.56. The molecule has 1 aromatic carbocycles. The number of carbonyl (C=O) groups is 1. The van der Waals surface area contributed by atoms with Gasteiger partial charge < -0.3 is 9.64 Å². The van der Waals surface area contributed by atoms with E-state index >= 15 is 0 Å². The van der Waals surface area contributed by atoms with Crippen LogP contribution in [-0.4, -0.2) is 32.0 Å². The molecular formula is C10H12BrNO2. The van der Waals surface area contributed by atoms with Crippen LogP contribution in [0.2, 0.25) is 0 Å². The summed E-state index contributed by atoms with van der Waals surface area (Å²) in [6.45, 7) is 0. The molecule has 3 nitrogen and oxygen atoms in total. The molecule has 1 aromatic rings. The Morgan fingerprint density at radius 2 is 2.07 bits per heavy atom. The molecule has 0 unspecified atom stereocenters. The number of ether oxygens (including phenoxy) is 1. The summed E-state index contributed by atoms with van der Waals surface area (Å²) in [4.78, 5) is 13.2. The summed E-state index contributed by atoms with van der Waals surface area (Å²) in [5.74, 6) is 0.521. The van der Waals surface area contributed by atoms with E-state index in [0.29, 0.717) is 11.3 Å². The number of carbonyl (C=O) groups excluding carboxylic acids is 1. The Labute approximate surface area is 91.8 Å². The number of amides is 1. The lowest BCUT2D eigenvalue weighted by molar-refractivity contribution is 0.0824. The smallest absolute Gasteiger partial charge is 0.257 e. The minimum absolute atomic E-state index is 0.0608. The number of benzene rings is 1. The summed E-state index contributed by atoms with van der Waals surface area (Å²) in [7, 11) is 4.97. The monoisotopic (exact) mass is 257 g/mol. The van der Waals surface area contributed by atoms with E-state index in [0.717, 1.165) is 4.47 Å². The van der Waals surface area contributed by atoms with Crippen LogP contribution < -0.4 is 4.74 Å². The van der Waals surface area contributed by atoms with Crippen molar-refractivity contribution in [1.29, 1.82) is 0 Å². The molecule has 4 heteroatoms. The van der Waals surface area contributed by atoms with Crippen molar-refractivity contribution in [1.82, 2.24) is 4.90 Å². The second-order valence-corrected chi connectivity index (χ2v) is 3.96. The Morgan fingerprint density at radius 3 is 2.57 bits per heavy atom. The fourth-order valence-electron chi connectivity index (χ4n) is 1.08. The first-order valence-corrected chi connectivity index (χ1v) is 4.90. The lowest BCUT2D eigenvalue weighted by Gasteiger charge is -2.13. The Morgan fingerprint density at radius 1 is 1.43 bits per heavy atom. The van der Waals surface area contributed by atoms with Gasteiger partial charge in [0.2, 0.25) is 0 Å². The second-order valence-electron chi connectivity index (χ2n) is 3.04. The normalized spacial score (nSPS) is 9.71. The highest BCUT2D eigenvalue weighted by atomic mass is 79.9. The van der Waals surface area contributed by atoms with Crippen molar-refractivity contribution in [2.24, 2.45) is 0 Å². The number of rotatable bonds is 2. The molecule has 0 saturated heterocycles. The number of halogens is 1. The third kappa shape index (κ3) is 2.26. The zero-order valence-electron chi connectivity index (χ0n) is 8.37. The summed E-state index contributed by atoms with van der Waals surface area (Å²) in [6.07, 6.45) is 0. The van der Waals surface area contributed by atoms with Crippen LogP contribution in [0.3, 0.4) is 0 Å². The molecule has 76 valence electrons. The van der Waals surface area contributed by atoms with Crippen LogP contribution in [0.25, 0.3) is 0 Å². The molecule has 0 aliphatic heterocycles. The fraction of sp³-hybridized carbons (Fsp3) is 0.300. The van der Waals surface area contributed by atoms with Gasteiger partial charge in [-0.05, 0) is 18.2 Å². The summed E-state index contributed by atoms with van der Waals surface area (Å²) in [5, 5.41) is 0. The van der Waals surface area contributed by atoms with Crippen molar-refractivity contribution in [3.8, 4) is 5.75 Å². The maximum absolute atomic E-state index is 11.7. The van der Waals surface area contributed by atoms with Crippen LogP contribution in [0, 0.1) is 0 Å². The second kappa shape index (κ2) is 4.46. The van der Waals surface area contributed by atoms with Crippen molar-refractivity contribution in [3.63, 3.8) is 0 Å². The van der Waals surface area contributed by atoms with E-state index in [4.69, 9.17) is 4.74 Å². The largest absolute Gasteiger partial charge is 0.496 e. The maximum atomic E-state index is 11.7. The predicted octanol–water partition coefficient (Wildman–Crippen LogP) is 2.16. The molecule has 14 heavy (non-hydrogen) atoms. The predicted molar refractivity (Wildman–Crippen MR) is 58.7 cm³/mol. The quantitative estimate of drug-likeness (QED) is 0.813. The number of methoxy groups -OCH3 is 1. The van der Waals surface area contributed by atoms with E-state index in [1.54, 1.807) is 33.3 Å². The van der Waals surface area contributed by atoms with Gasteiger partial charge in [0.05, 0.1) is 12.7 Å². The van der Waals surface area contributed by atoms with Gasteiger partial charge in [-0.2, -0.15) is 0 Å². The van der Waals surface area contributed by atoms with Gasteiger partial charge in [0.1, 0.15) is 5.75 Å². The molecule has 1 rings (SSSR count). The van der Waals surface area contributed by atoms with Crippen molar-refractivity contribution in [3.05, 3.63) is 28.2 Å². The lowest BCUT2D eigenvalue weighted by Crippen LogP contribution is -2.22. The van der Waals surface area contributed by atoms with Crippen LogP contribution in [0.15, 0.2) is 22.7 Å². The molecule has 0 heterocycles. The number of hydrogen-bond acceptors (Lipinski definition) is 2. The van der Waals surface area contributed by atoms with Crippen molar-refractivity contribution < 1.29 is 9.53 Å². The van der Waals surface area contributed by atoms with Gasteiger partial charge in [-0.1, -0.05) is 15.9 Å². The van der Waals surface area contributed by atoms with Crippen LogP contribution >= 0.6 is 15.9 Å². The highest BCUT2D eigenvalue weighted by molar-refractivity contribution is 9.10. The Bertz CT molecular complexity index is 350. The van der Waals surface area contributed by atoms with Crippen molar-refractivity contribution in [2.45, 2.75) is 0 Å². The summed E-state index contributed by atoms with van der Waals surface area (Å²) in [6, 6.07) is 5.33. The van der Waals surface area contributed by atoms with Crippen molar-refractivity contribution >= 4 is 21.8 Å². The van der Waals surface area contributed by atoms with Gasteiger partial charge in [-0.15, -0.1) is 0 Å². The Hall–Kier alpha value is -1.03. The zero-order chi connectivity index (χ0) is 10.7. The molecule has 0 aliphatic carbocycles. The zero-order valence-corrected chi connectivity index (χ0v) is 9.96. The van der Waals surface area contributed by atoms with Gasteiger partial charge in [-0.25, -0.2) is 0 Å². The number of nitrogens with zero attached hydrogens (tertiary/aromatic N) is 1. The summed E-state index contributed by atoms with van der Waals surface area (Å²) >= 11 is 3.32. The first-order valence-electron chi connectivity index (χ1n) is 4.11. The highest BCUT2D eigenvalue weighted by Gasteiger charge is 2.13. The molecule has 0 aromatic heterocycles. The van der Waals surface area contributed by atoms with Gasteiger partial charge >= 0.3 is 0 Å². The van der Waals surface area contributed by atoms with E-state index in [-0.39, 0.29) is 5.91 Å². The first kappa shape index (κ1) is 11.0. The number of hydrogen-bond donors (Lipinski definition) is 0. The van der Waals surface area contributed by atoms with Crippen LogP contribution in [0.5, 0.6) is 5.75 Å². The van der Waals surface area contributed by atoms with Gasteiger partial charge in [-0.3, -0.25) is 4.79 Å². The van der Waals surface area contributed by atoms with E-state index in [1.165, 1.54) is 4.90 Å². The summed E-state index contributed by atoms with van der Waals surface area (Å²) in [5.41, 5.74) is 0.570. The minimum atomic E-state index is -0.0608. The molecule has 0 N–H and O–H groups in total. The standard InChI is InChI=1S/C10H12BrNO2/c1-12(2)10(13)8-5-4-7(11)6-9(8)14-3/h4-6H,1-3H3. The highest BCUT2D eigenvalue weighted by Crippen LogP contribution is 2.24. The van der Waals surface area contributed by atoms with E-state index < -0.39 is 0 Å². The summed E-state index contributed by atoms with van der Waals surface area (Å²) < 4.78 is 6.01. The molecule has 0 radical (unpaired) electrons. The van der Waals surface area contributed by atoms with Crippen LogP contribution in [0.4, 0.5) is 0 Å². The third-order valence-corrected chi connectivity index (χ3v) is 2.29. The molecule has 0 fully saturated rings. The lowest BCUT2D eigenvalue weighted by atomic mass is 10.2. The van der Waals surface area contributed by atoms with E-state index in [2.05, 4.69) is 15.9 Å². The van der Waals surface area contributed by atoms with Crippen molar-refractivity contribution in [2.75, 3.05) is 21.2 Å². The van der Waals surface area contributed by atoms with E-state index in [1.807, 2.05) is 6.07 Å². The molecule has 0 atom stereocenters. The topological polar surface area (TPSA) is 29.5 Å². The SMILES string of the molecule is COc1cc(Br)ccc1C(=O)N(C)C. The van der Waals surface area contributed by atoms with Gasteiger partial charge in [0.25, 0.3) is 5.91 Å². The van der Waals surface area contributed by atoms with E-state index in [9.17, 15) is 4.79 Å².